The molecule has 0 saturated carbocycles. The molecule has 2 heterocycles. The van der Waals surface area contributed by atoms with Crippen molar-refractivity contribution in [3.8, 4) is 0 Å². The number of benzene rings is 3. The van der Waals surface area contributed by atoms with E-state index in [1.165, 1.54) is 4.57 Å². The van der Waals surface area contributed by atoms with Crippen LogP contribution in [-0.4, -0.2) is 47.4 Å². The second-order valence-corrected chi connectivity index (χ2v) is 10.7. The zero-order valence-corrected chi connectivity index (χ0v) is 23.9. The van der Waals surface area contributed by atoms with Gasteiger partial charge < -0.3 is 18.9 Å². The first kappa shape index (κ1) is 29.1. The van der Waals surface area contributed by atoms with Crippen LogP contribution in [0.2, 0.25) is 0 Å². The van der Waals surface area contributed by atoms with Crippen LogP contribution in [0.15, 0.2) is 108 Å². The number of aromatic nitrogens is 1. The molecule has 44 heavy (non-hydrogen) atoms. The van der Waals surface area contributed by atoms with Crippen LogP contribution in [0.3, 0.4) is 0 Å². The highest BCUT2D eigenvalue weighted by Crippen LogP contribution is 2.35. The SMILES string of the molecule is O=C(OC[C@H]1O[C@@H](n2ccc3c(c2=O)CCCC3)[C@H](OC(=O)c2ccccc2)[C@H]1OC(=O)c1ccccc1)c1ccccc1. The van der Waals surface area contributed by atoms with E-state index in [4.69, 9.17) is 18.9 Å². The number of aryl methyl sites for hydroxylation is 1. The first-order chi connectivity index (χ1) is 21.5. The third kappa shape index (κ3) is 6.18. The van der Waals surface area contributed by atoms with Gasteiger partial charge in [0.05, 0.1) is 16.7 Å². The van der Waals surface area contributed by atoms with Crippen molar-refractivity contribution in [3.05, 3.63) is 141 Å². The van der Waals surface area contributed by atoms with Gasteiger partial charge in [-0.05, 0) is 73.7 Å². The van der Waals surface area contributed by atoms with Crippen LogP contribution in [0, 0.1) is 0 Å². The summed E-state index contributed by atoms with van der Waals surface area (Å²) in [6, 6.07) is 27.0. The molecule has 1 fully saturated rings. The van der Waals surface area contributed by atoms with Gasteiger partial charge in [-0.1, -0.05) is 54.6 Å². The molecule has 1 aliphatic heterocycles. The van der Waals surface area contributed by atoms with Crippen molar-refractivity contribution < 1.29 is 33.3 Å². The van der Waals surface area contributed by atoms with Crippen molar-refractivity contribution in [2.75, 3.05) is 6.61 Å². The standard InChI is InChI=1S/C35H31NO8/c37-31-27-19-11-10-12-23(27)20-21-36(31)32-30(44-35(40)26-17-8-3-9-18-26)29(43-34(39)25-15-6-2-7-16-25)28(42-32)22-41-33(38)24-13-4-1-5-14-24/h1-9,13-18,20-21,28-30,32H,10-12,19,22H2/t28-,29+,30-,32-/m1/s1. The molecular formula is C35H31NO8. The molecule has 3 aromatic carbocycles. The van der Waals surface area contributed by atoms with E-state index in [-0.39, 0.29) is 23.3 Å². The second-order valence-electron chi connectivity index (χ2n) is 10.7. The lowest BCUT2D eigenvalue weighted by Crippen LogP contribution is -2.42. The molecular weight excluding hydrogens is 562 g/mol. The molecule has 9 nitrogen and oxygen atoms in total. The third-order valence-corrected chi connectivity index (χ3v) is 7.89. The van der Waals surface area contributed by atoms with Crippen LogP contribution in [0.1, 0.15) is 61.3 Å². The number of fused-ring (bicyclic) bond motifs is 1. The number of carbonyl (C=O) groups is 3. The lowest BCUT2D eigenvalue weighted by Gasteiger charge is -2.26. The van der Waals surface area contributed by atoms with E-state index in [9.17, 15) is 19.2 Å². The summed E-state index contributed by atoms with van der Waals surface area (Å²) in [5, 5.41) is 0. The molecule has 1 saturated heterocycles. The van der Waals surface area contributed by atoms with Gasteiger partial charge >= 0.3 is 17.9 Å². The number of ether oxygens (including phenoxy) is 4. The fourth-order valence-electron chi connectivity index (χ4n) is 5.63. The van der Waals surface area contributed by atoms with Gasteiger partial charge in [-0.15, -0.1) is 0 Å². The van der Waals surface area contributed by atoms with Crippen molar-refractivity contribution >= 4 is 17.9 Å². The minimum absolute atomic E-state index is 0.261. The van der Waals surface area contributed by atoms with Crippen LogP contribution < -0.4 is 5.56 Å². The molecule has 0 N–H and O–H groups in total. The third-order valence-electron chi connectivity index (χ3n) is 7.89. The van der Waals surface area contributed by atoms with Gasteiger partial charge in [0, 0.05) is 11.8 Å². The number of hydrogen-bond acceptors (Lipinski definition) is 8. The molecule has 0 unspecified atom stereocenters. The molecule has 4 aromatic rings. The molecule has 0 spiro atoms. The Morgan fingerprint density at radius 1 is 0.682 bits per heavy atom. The van der Waals surface area contributed by atoms with Gasteiger partial charge in [0.2, 0.25) is 0 Å². The molecule has 4 atom stereocenters. The topological polar surface area (TPSA) is 110 Å². The van der Waals surface area contributed by atoms with E-state index >= 15 is 0 Å². The van der Waals surface area contributed by atoms with E-state index in [1.807, 2.05) is 6.07 Å². The van der Waals surface area contributed by atoms with Crippen LogP contribution in [0.25, 0.3) is 0 Å². The molecule has 1 aromatic heterocycles. The van der Waals surface area contributed by atoms with Crippen LogP contribution in [0.4, 0.5) is 0 Å². The van der Waals surface area contributed by atoms with E-state index in [1.54, 1.807) is 97.2 Å². The average Bonchev–Trinajstić information content (AvgIpc) is 3.40. The average molecular weight is 594 g/mol. The summed E-state index contributed by atoms with van der Waals surface area (Å²) in [5.41, 5.74) is 2.29. The Hall–Kier alpha value is -5.02. The number of rotatable bonds is 8. The van der Waals surface area contributed by atoms with Gasteiger partial charge in [0.15, 0.2) is 18.4 Å². The molecule has 0 amide bonds. The summed E-state index contributed by atoms with van der Waals surface area (Å²) in [6.45, 7) is -0.323. The molecule has 0 bridgehead atoms. The maximum absolute atomic E-state index is 13.8. The Labute approximate surface area is 254 Å². The molecule has 2 aliphatic rings. The zero-order valence-electron chi connectivity index (χ0n) is 23.9. The molecule has 224 valence electrons. The summed E-state index contributed by atoms with van der Waals surface area (Å²) in [5.74, 6) is -1.97. The van der Waals surface area contributed by atoms with Crippen molar-refractivity contribution in [3.63, 3.8) is 0 Å². The summed E-state index contributed by atoms with van der Waals surface area (Å²) in [4.78, 5) is 53.3. The molecule has 6 rings (SSSR count). The second kappa shape index (κ2) is 13.1. The van der Waals surface area contributed by atoms with Crippen LogP contribution >= 0.6 is 0 Å². The van der Waals surface area contributed by atoms with Gasteiger partial charge in [-0.3, -0.25) is 9.36 Å². The Bertz CT molecular complexity index is 1690. The zero-order chi connectivity index (χ0) is 30.5. The highest BCUT2D eigenvalue weighted by molar-refractivity contribution is 5.91. The van der Waals surface area contributed by atoms with Crippen molar-refractivity contribution in [2.24, 2.45) is 0 Å². The summed E-state index contributed by atoms with van der Waals surface area (Å²) < 4.78 is 25.3. The van der Waals surface area contributed by atoms with Gasteiger partial charge in [0.25, 0.3) is 5.56 Å². The maximum Gasteiger partial charge on any atom is 0.338 e. The molecule has 9 heteroatoms. The lowest BCUT2D eigenvalue weighted by atomic mass is 9.93. The summed E-state index contributed by atoms with van der Waals surface area (Å²) in [6.07, 6.45) is 0.267. The smallest absolute Gasteiger partial charge is 0.338 e. The summed E-state index contributed by atoms with van der Waals surface area (Å²) >= 11 is 0. The molecule has 0 radical (unpaired) electrons. The first-order valence-corrected chi connectivity index (χ1v) is 14.6. The normalized spacial score (nSPS) is 20.7. The Morgan fingerprint density at radius 2 is 1.20 bits per heavy atom. The van der Waals surface area contributed by atoms with Gasteiger partial charge in [0.1, 0.15) is 12.7 Å². The number of carbonyl (C=O) groups excluding carboxylic acids is 3. The number of hydrogen-bond donors (Lipinski definition) is 0. The first-order valence-electron chi connectivity index (χ1n) is 14.6. The minimum Gasteiger partial charge on any atom is -0.459 e. The highest BCUT2D eigenvalue weighted by atomic mass is 16.7. The predicted octanol–water partition coefficient (Wildman–Crippen LogP) is 4.93. The van der Waals surface area contributed by atoms with Crippen molar-refractivity contribution in [1.82, 2.24) is 4.57 Å². The van der Waals surface area contributed by atoms with Crippen molar-refractivity contribution in [2.45, 2.75) is 50.2 Å². The fourth-order valence-corrected chi connectivity index (χ4v) is 5.63. The van der Waals surface area contributed by atoms with E-state index in [2.05, 4.69) is 0 Å². The highest BCUT2D eigenvalue weighted by Gasteiger charge is 2.51. The Kier molecular flexibility index (Phi) is 8.65. The van der Waals surface area contributed by atoms with Gasteiger partial charge in [-0.2, -0.15) is 0 Å². The van der Waals surface area contributed by atoms with Crippen LogP contribution in [-0.2, 0) is 31.8 Å². The number of esters is 3. The van der Waals surface area contributed by atoms with E-state index in [0.29, 0.717) is 17.5 Å². The monoisotopic (exact) mass is 593 g/mol. The van der Waals surface area contributed by atoms with Crippen molar-refractivity contribution in [1.29, 1.82) is 0 Å². The maximum atomic E-state index is 13.8. The predicted molar refractivity (Wildman–Crippen MR) is 159 cm³/mol. The fraction of sp³-hybridized carbons (Fsp3) is 0.257. The largest absolute Gasteiger partial charge is 0.459 e. The number of pyridine rings is 1. The quantitative estimate of drug-likeness (QED) is 0.209. The lowest BCUT2D eigenvalue weighted by molar-refractivity contribution is -0.0635. The summed E-state index contributed by atoms with van der Waals surface area (Å²) in [7, 11) is 0. The Balaban J connectivity index is 1.37. The van der Waals surface area contributed by atoms with E-state index in [0.717, 1.165) is 24.8 Å². The van der Waals surface area contributed by atoms with Gasteiger partial charge in [-0.25, -0.2) is 14.4 Å². The minimum atomic E-state index is -1.24. The van der Waals surface area contributed by atoms with E-state index < -0.39 is 42.4 Å². The Morgan fingerprint density at radius 3 is 1.80 bits per heavy atom. The number of nitrogens with zero attached hydrogens (tertiary/aromatic N) is 1. The molecule has 1 aliphatic carbocycles. The van der Waals surface area contributed by atoms with Crippen LogP contribution in [0.5, 0.6) is 0 Å².